The third-order valence-electron chi connectivity index (χ3n) is 5.72. The zero-order valence-electron chi connectivity index (χ0n) is 18.2. The molecule has 172 valence electrons. The van der Waals surface area contributed by atoms with E-state index in [4.69, 9.17) is 4.52 Å². The summed E-state index contributed by atoms with van der Waals surface area (Å²) in [4.78, 5) is 25.0. The molecule has 1 saturated heterocycles. The number of pyridine rings is 1. The minimum Gasteiger partial charge on any atom is -0.336 e. The van der Waals surface area contributed by atoms with Crippen molar-refractivity contribution in [3.05, 3.63) is 89.8 Å². The van der Waals surface area contributed by atoms with Crippen LogP contribution in [-0.4, -0.2) is 57.0 Å². The Hall–Kier alpha value is -3.98. The molecule has 1 fully saturated rings. The van der Waals surface area contributed by atoms with Crippen LogP contribution in [0.25, 0.3) is 22.8 Å². The first kappa shape index (κ1) is 21.8. The molecular weight excluding hydrogens is 440 g/mol. The lowest BCUT2D eigenvalue weighted by Crippen LogP contribution is -2.48. The Morgan fingerprint density at radius 3 is 2.35 bits per heavy atom. The van der Waals surface area contributed by atoms with E-state index in [-0.39, 0.29) is 11.5 Å². The van der Waals surface area contributed by atoms with E-state index in [2.05, 4.69) is 20.0 Å². The number of rotatable bonds is 5. The number of carbonyl (C=O) groups excluding carboxylic acids is 1. The molecule has 1 amide bonds. The SMILES string of the molecule is O=C(c1cc(F)cc(F)c1)N1CCN(Cc2ccc(-c3noc(-c4cccnc4)n3)cc2)CC1. The molecule has 7 nitrogen and oxygen atoms in total. The van der Waals surface area contributed by atoms with Gasteiger partial charge in [-0.3, -0.25) is 14.7 Å². The Bertz CT molecular complexity index is 1270. The van der Waals surface area contributed by atoms with E-state index in [1.807, 2.05) is 36.4 Å². The van der Waals surface area contributed by atoms with Crippen LogP contribution in [0.3, 0.4) is 0 Å². The maximum absolute atomic E-state index is 13.4. The van der Waals surface area contributed by atoms with Gasteiger partial charge in [-0.15, -0.1) is 0 Å². The molecule has 0 saturated carbocycles. The van der Waals surface area contributed by atoms with Gasteiger partial charge in [0.2, 0.25) is 5.82 Å². The van der Waals surface area contributed by atoms with Crippen LogP contribution >= 0.6 is 0 Å². The smallest absolute Gasteiger partial charge is 0.259 e. The molecule has 0 unspecified atom stereocenters. The molecule has 0 atom stereocenters. The van der Waals surface area contributed by atoms with Gasteiger partial charge in [-0.1, -0.05) is 29.4 Å². The Morgan fingerprint density at radius 2 is 1.68 bits per heavy atom. The van der Waals surface area contributed by atoms with Crippen molar-refractivity contribution in [1.82, 2.24) is 24.9 Å². The highest BCUT2D eigenvalue weighted by molar-refractivity contribution is 5.94. The summed E-state index contributed by atoms with van der Waals surface area (Å²) in [7, 11) is 0. The second kappa shape index (κ2) is 9.48. The maximum Gasteiger partial charge on any atom is 0.259 e. The standard InChI is InChI=1S/C25H21F2N5O2/c26-21-12-20(13-22(27)14-21)25(33)32-10-8-31(9-11-32)16-17-3-5-18(6-4-17)23-29-24(34-30-23)19-2-1-7-28-15-19/h1-7,12-15H,8-11,16H2. The zero-order valence-corrected chi connectivity index (χ0v) is 18.2. The van der Waals surface area contributed by atoms with Crippen LogP contribution in [-0.2, 0) is 6.54 Å². The fourth-order valence-corrected chi connectivity index (χ4v) is 3.93. The number of halogens is 2. The predicted molar refractivity (Wildman–Crippen MR) is 121 cm³/mol. The molecule has 2 aromatic carbocycles. The molecule has 34 heavy (non-hydrogen) atoms. The number of hydrogen-bond donors (Lipinski definition) is 0. The van der Waals surface area contributed by atoms with Crippen LogP contribution in [0.4, 0.5) is 8.78 Å². The first-order valence-corrected chi connectivity index (χ1v) is 10.9. The largest absolute Gasteiger partial charge is 0.336 e. The summed E-state index contributed by atoms with van der Waals surface area (Å²) in [5.41, 5.74) is 2.76. The summed E-state index contributed by atoms with van der Waals surface area (Å²) < 4.78 is 32.2. The van der Waals surface area contributed by atoms with Gasteiger partial charge < -0.3 is 9.42 Å². The van der Waals surface area contributed by atoms with Gasteiger partial charge in [-0.25, -0.2) is 8.78 Å². The summed E-state index contributed by atoms with van der Waals surface area (Å²) in [5, 5.41) is 4.06. The fourth-order valence-electron chi connectivity index (χ4n) is 3.93. The van der Waals surface area contributed by atoms with Crippen LogP contribution in [0.2, 0.25) is 0 Å². The van der Waals surface area contributed by atoms with Crippen LogP contribution in [0.5, 0.6) is 0 Å². The minimum atomic E-state index is -0.750. The van der Waals surface area contributed by atoms with Crippen molar-refractivity contribution in [2.75, 3.05) is 26.2 Å². The van der Waals surface area contributed by atoms with Crippen molar-refractivity contribution in [2.45, 2.75) is 6.54 Å². The molecule has 1 aliphatic rings. The summed E-state index contributed by atoms with van der Waals surface area (Å²) in [6, 6.07) is 14.5. The summed E-state index contributed by atoms with van der Waals surface area (Å²) in [5.74, 6) is -0.931. The number of amides is 1. The van der Waals surface area contributed by atoms with E-state index >= 15 is 0 Å². The van der Waals surface area contributed by atoms with E-state index in [0.29, 0.717) is 37.9 Å². The lowest BCUT2D eigenvalue weighted by atomic mass is 10.1. The highest BCUT2D eigenvalue weighted by Gasteiger charge is 2.23. The Labute approximate surface area is 194 Å². The molecule has 3 heterocycles. The van der Waals surface area contributed by atoms with E-state index in [1.54, 1.807) is 17.3 Å². The second-order valence-electron chi connectivity index (χ2n) is 8.09. The molecule has 2 aromatic heterocycles. The topological polar surface area (TPSA) is 75.4 Å². The van der Waals surface area contributed by atoms with Gasteiger partial charge >= 0.3 is 0 Å². The highest BCUT2D eigenvalue weighted by atomic mass is 19.1. The van der Waals surface area contributed by atoms with Gasteiger partial charge in [0.05, 0.1) is 5.56 Å². The zero-order chi connectivity index (χ0) is 23.5. The van der Waals surface area contributed by atoms with E-state index in [1.165, 1.54) is 0 Å². The van der Waals surface area contributed by atoms with Gasteiger partial charge in [-0.2, -0.15) is 4.98 Å². The molecule has 0 aliphatic carbocycles. The molecule has 5 rings (SSSR count). The van der Waals surface area contributed by atoms with Crippen molar-refractivity contribution in [2.24, 2.45) is 0 Å². The van der Waals surface area contributed by atoms with Gasteiger partial charge in [0.15, 0.2) is 0 Å². The Morgan fingerprint density at radius 1 is 0.941 bits per heavy atom. The molecule has 9 heteroatoms. The van der Waals surface area contributed by atoms with Crippen molar-refractivity contribution in [3.63, 3.8) is 0 Å². The number of benzene rings is 2. The van der Waals surface area contributed by atoms with Crippen molar-refractivity contribution in [3.8, 4) is 22.8 Å². The molecule has 1 aliphatic heterocycles. The van der Waals surface area contributed by atoms with Crippen molar-refractivity contribution in [1.29, 1.82) is 0 Å². The Kier molecular flexibility index (Phi) is 6.09. The van der Waals surface area contributed by atoms with Crippen LogP contribution in [0, 0.1) is 11.6 Å². The second-order valence-corrected chi connectivity index (χ2v) is 8.09. The first-order valence-electron chi connectivity index (χ1n) is 10.9. The maximum atomic E-state index is 13.4. The van der Waals surface area contributed by atoms with Gasteiger partial charge in [-0.05, 0) is 29.8 Å². The Balaban J connectivity index is 1.17. The van der Waals surface area contributed by atoms with Crippen molar-refractivity contribution < 1.29 is 18.1 Å². The third-order valence-corrected chi connectivity index (χ3v) is 5.72. The van der Waals surface area contributed by atoms with Crippen LogP contribution in [0.1, 0.15) is 15.9 Å². The number of aromatic nitrogens is 3. The lowest BCUT2D eigenvalue weighted by Gasteiger charge is -2.34. The van der Waals surface area contributed by atoms with Gasteiger partial charge in [0.25, 0.3) is 11.8 Å². The van der Waals surface area contributed by atoms with E-state index in [9.17, 15) is 13.6 Å². The quantitative estimate of drug-likeness (QED) is 0.447. The monoisotopic (exact) mass is 461 g/mol. The third kappa shape index (κ3) is 4.84. The fraction of sp³-hybridized carbons (Fsp3) is 0.200. The van der Waals surface area contributed by atoms with Gasteiger partial charge in [0.1, 0.15) is 11.6 Å². The molecule has 0 spiro atoms. The van der Waals surface area contributed by atoms with Crippen LogP contribution in [0.15, 0.2) is 71.5 Å². The number of carbonyl (C=O) groups is 1. The minimum absolute atomic E-state index is 0.0367. The molecular formula is C25H21F2N5O2. The summed E-state index contributed by atoms with van der Waals surface area (Å²) in [6.45, 7) is 3.06. The van der Waals surface area contributed by atoms with Gasteiger partial charge in [0, 0.05) is 62.3 Å². The normalized spacial score (nSPS) is 14.4. The van der Waals surface area contributed by atoms with Crippen molar-refractivity contribution >= 4 is 5.91 Å². The molecule has 0 bridgehead atoms. The van der Waals surface area contributed by atoms with E-state index in [0.717, 1.165) is 41.4 Å². The average Bonchev–Trinajstić information content (AvgIpc) is 3.35. The molecule has 0 N–H and O–H groups in total. The summed E-state index contributed by atoms with van der Waals surface area (Å²) >= 11 is 0. The molecule has 0 radical (unpaired) electrons. The lowest BCUT2D eigenvalue weighted by molar-refractivity contribution is 0.0627. The summed E-state index contributed by atoms with van der Waals surface area (Å²) in [6.07, 6.45) is 3.35. The first-order chi connectivity index (χ1) is 16.5. The number of nitrogens with zero attached hydrogens (tertiary/aromatic N) is 5. The average molecular weight is 461 g/mol. The highest BCUT2D eigenvalue weighted by Crippen LogP contribution is 2.22. The predicted octanol–water partition coefficient (Wildman–Crippen LogP) is 4.03. The van der Waals surface area contributed by atoms with Crippen LogP contribution < -0.4 is 0 Å². The molecule has 4 aromatic rings. The number of hydrogen-bond acceptors (Lipinski definition) is 6. The number of piperazine rings is 1. The van der Waals surface area contributed by atoms with E-state index < -0.39 is 11.6 Å².